The highest BCUT2D eigenvalue weighted by Gasteiger charge is 2.14. The summed E-state index contributed by atoms with van der Waals surface area (Å²) in [5.74, 6) is -0.832. The summed E-state index contributed by atoms with van der Waals surface area (Å²) >= 11 is 12.7. The molecule has 0 aliphatic rings. The van der Waals surface area contributed by atoms with Crippen LogP contribution in [0.4, 0.5) is 10.1 Å². The Hall–Kier alpha value is -1.10. The normalized spacial score (nSPS) is 10.3. The van der Waals surface area contributed by atoms with E-state index < -0.39 is 11.7 Å². The largest absolute Gasteiger partial charge is 0.322 e. The summed E-state index contributed by atoms with van der Waals surface area (Å²) in [7, 11) is 0. The molecule has 0 saturated heterocycles. The van der Waals surface area contributed by atoms with Crippen molar-refractivity contribution < 1.29 is 9.18 Å². The highest BCUT2D eigenvalue weighted by Crippen LogP contribution is 2.31. The number of nitrogens with one attached hydrogen (secondary N) is 1. The van der Waals surface area contributed by atoms with Crippen LogP contribution >= 0.6 is 34.5 Å². The molecule has 2 nitrogen and oxygen atoms in total. The molecule has 0 bridgehead atoms. The number of hydrogen-bond donors (Lipinski definition) is 1. The fourth-order valence-corrected chi connectivity index (χ4v) is 2.72. The molecular weight excluding hydrogens is 284 g/mol. The Bertz CT molecular complexity index is 570. The summed E-state index contributed by atoms with van der Waals surface area (Å²) in [4.78, 5) is 11.8. The van der Waals surface area contributed by atoms with Crippen LogP contribution in [-0.2, 0) is 0 Å². The number of halogens is 3. The van der Waals surface area contributed by atoms with E-state index in [1.807, 2.05) is 0 Å². The lowest BCUT2D eigenvalue weighted by atomic mass is 10.2. The van der Waals surface area contributed by atoms with E-state index in [1.165, 1.54) is 24.3 Å². The second-order valence-electron chi connectivity index (χ2n) is 3.20. The van der Waals surface area contributed by atoms with Gasteiger partial charge in [0.15, 0.2) is 0 Å². The molecule has 0 atom stereocenters. The lowest BCUT2D eigenvalue weighted by Gasteiger charge is -2.03. The maximum atomic E-state index is 12.9. The van der Waals surface area contributed by atoms with E-state index in [1.54, 1.807) is 6.07 Å². The first-order chi connectivity index (χ1) is 8.06. The summed E-state index contributed by atoms with van der Waals surface area (Å²) in [5, 5.41) is 2.54. The molecule has 0 unspecified atom stereocenters. The van der Waals surface area contributed by atoms with Gasteiger partial charge >= 0.3 is 0 Å². The van der Waals surface area contributed by atoms with Gasteiger partial charge in [0, 0.05) is 5.69 Å². The van der Waals surface area contributed by atoms with Crippen LogP contribution in [0.2, 0.25) is 8.67 Å². The van der Waals surface area contributed by atoms with E-state index in [-0.39, 0.29) is 5.56 Å². The summed E-state index contributed by atoms with van der Waals surface area (Å²) in [6.45, 7) is 0. The van der Waals surface area contributed by atoms with Crippen LogP contribution in [-0.4, -0.2) is 5.91 Å². The molecule has 6 heteroatoms. The van der Waals surface area contributed by atoms with E-state index in [4.69, 9.17) is 23.2 Å². The minimum Gasteiger partial charge on any atom is -0.322 e. The maximum Gasteiger partial charge on any atom is 0.258 e. The molecule has 1 aromatic heterocycles. The topological polar surface area (TPSA) is 29.1 Å². The molecule has 17 heavy (non-hydrogen) atoms. The van der Waals surface area contributed by atoms with E-state index >= 15 is 0 Å². The average Bonchev–Trinajstić information content (AvgIpc) is 2.58. The van der Waals surface area contributed by atoms with Gasteiger partial charge in [-0.1, -0.05) is 29.3 Å². The molecule has 1 N–H and O–H groups in total. The van der Waals surface area contributed by atoms with Crippen LogP contribution in [0.3, 0.4) is 0 Å². The first-order valence-corrected chi connectivity index (χ1v) is 6.15. The van der Waals surface area contributed by atoms with Crippen LogP contribution in [0.5, 0.6) is 0 Å². The van der Waals surface area contributed by atoms with Gasteiger partial charge < -0.3 is 5.32 Å². The lowest BCUT2D eigenvalue weighted by molar-refractivity contribution is 0.102. The highest BCUT2D eigenvalue weighted by atomic mass is 35.5. The Morgan fingerprint density at radius 1 is 1.29 bits per heavy atom. The highest BCUT2D eigenvalue weighted by molar-refractivity contribution is 7.20. The van der Waals surface area contributed by atoms with Crippen LogP contribution in [0.25, 0.3) is 0 Å². The van der Waals surface area contributed by atoms with Gasteiger partial charge in [-0.2, -0.15) is 0 Å². The van der Waals surface area contributed by atoms with E-state index in [2.05, 4.69) is 5.32 Å². The van der Waals surface area contributed by atoms with E-state index in [0.29, 0.717) is 14.4 Å². The standard InChI is InChI=1S/C11H6Cl2FNOS/c12-9-5-8(10(13)17-9)11(16)15-7-3-1-2-6(14)4-7/h1-5H,(H,15,16). The monoisotopic (exact) mass is 289 g/mol. The molecule has 0 spiro atoms. The van der Waals surface area contributed by atoms with Crippen molar-refractivity contribution in [3.05, 3.63) is 50.4 Å². The van der Waals surface area contributed by atoms with Crippen LogP contribution in [0.15, 0.2) is 30.3 Å². The van der Waals surface area contributed by atoms with Crippen molar-refractivity contribution in [1.82, 2.24) is 0 Å². The third kappa shape index (κ3) is 2.97. The summed E-state index contributed by atoms with van der Waals surface area (Å²) in [6, 6.07) is 7.09. The molecule has 2 aromatic rings. The van der Waals surface area contributed by atoms with Gasteiger partial charge in [0.1, 0.15) is 10.2 Å². The molecule has 2 rings (SSSR count). The number of benzene rings is 1. The fourth-order valence-electron chi connectivity index (χ4n) is 1.26. The van der Waals surface area contributed by atoms with Gasteiger partial charge in [-0.25, -0.2) is 4.39 Å². The number of carbonyl (C=O) groups is 1. The lowest BCUT2D eigenvalue weighted by Crippen LogP contribution is -2.11. The second-order valence-corrected chi connectivity index (χ2v) is 5.49. The van der Waals surface area contributed by atoms with Crippen LogP contribution < -0.4 is 5.32 Å². The predicted octanol–water partition coefficient (Wildman–Crippen LogP) is 4.45. The molecule has 88 valence electrons. The van der Waals surface area contributed by atoms with Crippen molar-refractivity contribution in [2.24, 2.45) is 0 Å². The zero-order valence-electron chi connectivity index (χ0n) is 8.34. The molecule has 0 saturated carbocycles. The number of anilines is 1. The van der Waals surface area contributed by atoms with Crippen LogP contribution in [0.1, 0.15) is 10.4 Å². The van der Waals surface area contributed by atoms with Gasteiger partial charge in [-0.05, 0) is 24.3 Å². The Kier molecular flexibility index (Phi) is 3.66. The Labute approximate surface area is 111 Å². The second kappa shape index (κ2) is 5.04. The Morgan fingerprint density at radius 3 is 2.65 bits per heavy atom. The van der Waals surface area contributed by atoms with Crippen molar-refractivity contribution in [1.29, 1.82) is 0 Å². The van der Waals surface area contributed by atoms with E-state index in [0.717, 1.165) is 11.3 Å². The Morgan fingerprint density at radius 2 is 2.06 bits per heavy atom. The number of rotatable bonds is 2. The third-order valence-electron chi connectivity index (χ3n) is 1.98. The summed E-state index contributed by atoms with van der Waals surface area (Å²) < 4.78 is 13.6. The molecule has 0 aliphatic carbocycles. The minimum atomic E-state index is -0.419. The van der Waals surface area contributed by atoms with Gasteiger partial charge in [-0.15, -0.1) is 11.3 Å². The van der Waals surface area contributed by atoms with Gasteiger partial charge in [0.25, 0.3) is 5.91 Å². The fraction of sp³-hybridized carbons (Fsp3) is 0. The van der Waals surface area contributed by atoms with Crippen molar-refractivity contribution in [3.63, 3.8) is 0 Å². The molecule has 1 aromatic carbocycles. The summed E-state index contributed by atoms with van der Waals surface area (Å²) in [6.07, 6.45) is 0. The molecule has 0 fully saturated rings. The number of hydrogen-bond acceptors (Lipinski definition) is 2. The molecule has 1 heterocycles. The van der Waals surface area contributed by atoms with Gasteiger partial charge in [-0.3, -0.25) is 4.79 Å². The first kappa shape index (κ1) is 12.4. The van der Waals surface area contributed by atoms with Crippen LogP contribution in [0, 0.1) is 5.82 Å². The van der Waals surface area contributed by atoms with E-state index in [9.17, 15) is 9.18 Å². The zero-order valence-corrected chi connectivity index (χ0v) is 10.7. The SMILES string of the molecule is O=C(Nc1cccc(F)c1)c1cc(Cl)sc1Cl. The number of carbonyl (C=O) groups excluding carboxylic acids is 1. The maximum absolute atomic E-state index is 12.9. The van der Waals surface area contributed by atoms with Crippen molar-refractivity contribution in [3.8, 4) is 0 Å². The summed E-state index contributed by atoms with van der Waals surface area (Å²) in [5.41, 5.74) is 0.652. The molecule has 0 radical (unpaired) electrons. The first-order valence-electron chi connectivity index (χ1n) is 4.58. The molecular formula is C11H6Cl2FNOS. The average molecular weight is 290 g/mol. The predicted molar refractivity (Wildman–Crippen MR) is 68.7 cm³/mol. The minimum absolute atomic E-state index is 0.283. The number of thiophene rings is 1. The van der Waals surface area contributed by atoms with Crippen molar-refractivity contribution in [2.45, 2.75) is 0 Å². The van der Waals surface area contributed by atoms with Crippen molar-refractivity contribution in [2.75, 3.05) is 5.32 Å². The third-order valence-corrected chi connectivity index (χ3v) is 3.47. The number of amides is 1. The van der Waals surface area contributed by atoms with Gasteiger partial charge in [0.2, 0.25) is 0 Å². The Balaban J connectivity index is 2.20. The quantitative estimate of drug-likeness (QED) is 0.870. The molecule has 0 aliphatic heterocycles. The zero-order chi connectivity index (χ0) is 12.4. The smallest absolute Gasteiger partial charge is 0.258 e. The van der Waals surface area contributed by atoms with Gasteiger partial charge in [0.05, 0.1) is 9.90 Å². The molecule has 1 amide bonds. The van der Waals surface area contributed by atoms with Crippen molar-refractivity contribution >= 4 is 46.1 Å².